The number of hydrogen-bond acceptors (Lipinski definition) is 8. The summed E-state index contributed by atoms with van der Waals surface area (Å²) in [7, 11) is 0. The first-order valence-corrected chi connectivity index (χ1v) is 16.9. The van der Waals surface area contributed by atoms with Crippen molar-refractivity contribution in [1.82, 2.24) is 25.9 Å². The zero-order chi connectivity index (χ0) is 35.8. The van der Waals surface area contributed by atoms with E-state index in [2.05, 4.69) is 31.3 Å². The Kier molecular flexibility index (Phi) is 11.4. The number of carboxylic acid groups (broad SMARTS) is 1. The maximum Gasteiger partial charge on any atom is 0.407 e. The Bertz CT molecular complexity index is 1810. The summed E-state index contributed by atoms with van der Waals surface area (Å²) >= 11 is 0. The van der Waals surface area contributed by atoms with Crippen LogP contribution in [0.4, 0.5) is 10.5 Å². The number of aryl methyl sites for hydroxylation is 1. The van der Waals surface area contributed by atoms with Crippen molar-refractivity contribution in [3.8, 4) is 22.5 Å². The molecule has 4 aromatic rings. The molecule has 0 bridgehead atoms. The SMILES string of the molecule is Cc1cc(C(=O)O)ccc1-c1cccc(C[C@H](CC(=O)C2CCC(CNC(=O)OC(C)(C)C)CC2)C(=O)Nc2ccc(-c3nn[nH]n3)cc2)c1. The van der Waals surface area contributed by atoms with Crippen LogP contribution in [0.3, 0.4) is 0 Å². The van der Waals surface area contributed by atoms with E-state index in [0.717, 1.165) is 40.7 Å². The van der Waals surface area contributed by atoms with Gasteiger partial charge in [0.2, 0.25) is 11.7 Å². The fraction of sp³-hybridized carbons (Fsp3) is 0.395. The van der Waals surface area contributed by atoms with Gasteiger partial charge in [-0.3, -0.25) is 9.59 Å². The van der Waals surface area contributed by atoms with Crippen LogP contribution >= 0.6 is 0 Å². The normalized spacial score (nSPS) is 16.6. The Morgan fingerprint density at radius 2 is 1.70 bits per heavy atom. The van der Waals surface area contributed by atoms with Crippen molar-refractivity contribution in [2.75, 3.05) is 11.9 Å². The second-order valence-electron chi connectivity index (χ2n) is 14.0. The first kappa shape index (κ1) is 35.9. The number of aromatic nitrogens is 4. The molecule has 50 heavy (non-hydrogen) atoms. The van der Waals surface area contributed by atoms with Crippen molar-refractivity contribution in [3.63, 3.8) is 0 Å². The van der Waals surface area contributed by atoms with Crippen molar-refractivity contribution in [2.24, 2.45) is 17.8 Å². The van der Waals surface area contributed by atoms with E-state index in [1.165, 1.54) is 0 Å². The van der Waals surface area contributed by atoms with Crippen LogP contribution in [0.2, 0.25) is 0 Å². The number of amides is 2. The van der Waals surface area contributed by atoms with E-state index < -0.39 is 23.6 Å². The topological polar surface area (TPSA) is 176 Å². The Hall–Kier alpha value is -5.39. The lowest BCUT2D eigenvalue weighted by molar-refractivity contribution is -0.129. The van der Waals surface area contributed by atoms with E-state index in [0.29, 0.717) is 37.3 Å². The zero-order valence-corrected chi connectivity index (χ0v) is 28.9. The number of alkyl carbamates (subject to hydrolysis) is 1. The van der Waals surface area contributed by atoms with Gasteiger partial charge in [0.25, 0.3) is 0 Å². The molecule has 1 heterocycles. The van der Waals surface area contributed by atoms with Gasteiger partial charge in [-0.25, -0.2) is 9.59 Å². The quantitative estimate of drug-likeness (QED) is 0.128. The van der Waals surface area contributed by atoms with E-state index in [1.54, 1.807) is 42.5 Å². The largest absolute Gasteiger partial charge is 0.478 e. The number of aromatic amines is 1. The third-order valence-electron chi connectivity index (χ3n) is 9.00. The summed E-state index contributed by atoms with van der Waals surface area (Å²) in [6, 6.07) is 19.9. The summed E-state index contributed by atoms with van der Waals surface area (Å²) in [5, 5.41) is 29.2. The predicted octanol–water partition coefficient (Wildman–Crippen LogP) is 6.63. The van der Waals surface area contributed by atoms with E-state index >= 15 is 0 Å². The number of benzene rings is 3. The minimum Gasteiger partial charge on any atom is -0.478 e. The smallest absolute Gasteiger partial charge is 0.407 e. The molecule has 12 heteroatoms. The summed E-state index contributed by atoms with van der Waals surface area (Å²) in [6.45, 7) is 7.84. The minimum absolute atomic E-state index is 0.0624. The zero-order valence-electron chi connectivity index (χ0n) is 28.9. The van der Waals surface area contributed by atoms with Gasteiger partial charge < -0.3 is 20.5 Å². The van der Waals surface area contributed by atoms with Crippen LogP contribution in [-0.4, -0.2) is 61.6 Å². The van der Waals surface area contributed by atoms with E-state index in [-0.39, 0.29) is 35.5 Å². The van der Waals surface area contributed by atoms with E-state index in [4.69, 9.17) is 4.74 Å². The molecule has 1 aromatic heterocycles. The number of ether oxygens (including phenoxy) is 1. The molecule has 3 aromatic carbocycles. The number of carbonyl (C=O) groups is 4. The summed E-state index contributed by atoms with van der Waals surface area (Å²) < 4.78 is 5.35. The van der Waals surface area contributed by atoms with Gasteiger partial charge in [0.05, 0.1) is 5.56 Å². The highest BCUT2D eigenvalue weighted by molar-refractivity contribution is 5.96. The highest BCUT2D eigenvalue weighted by Gasteiger charge is 2.31. The Morgan fingerprint density at radius 1 is 0.960 bits per heavy atom. The third-order valence-corrected chi connectivity index (χ3v) is 9.00. The van der Waals surface area contributed by atoms with Gasteiger partial charge in [-0.2, -0.15) is 5.21 Å². The Morgan fingerprint density at radius 3 is 2.34 bits per heavy atom. The number of H-pyrrole nitrogens is 1. The van der Waals surface area contributed by atoms with Crippen LogP contribution in [0.25, 0.3) is 22.5 Å². The fourth-order valence-corrected chi connectivity index (χ4v) is 6.40. The van der Waals surface area contributed by atoms with Crippen molar-refractivity contribution < 1.29 is 29.0 Å². The number of Topliss-reactive ketones (excluding diaryl/α,β-unsaturated/α-hetero) is 1. The molecular formula is C38H44N6O6. The number of carboxylic acids is 1. The van der Waals surface area contributed by atoms with Crippen LogP contribution < -0.4 is 10.6 Å². The second-order valence-corrected chi connectivity index (χ2v) is 14.0. The van der Waals surface area contributed by atoms with Gasteiger partial charge in [0, 0.05) is 36.1 Å². The average molecular weight is 681 g/mol. The maximum absolute atomic E-state index is 13.8. The summed E-state index contributed by atoms with van der Waals surface area (Å²) in [5.74, 6) is -1.26. The molecule has 1 aliphatic carbocycles. The summed E-state index contributed by atoms with van der Waals surface area (Å²) in [5.41, 5.74) is 4.49. The molecule has 0 saturated heterocycles. The number of tetrazole rings is 1. The number of ketones is 1. The van der Waals surface area contributed by atoms with E-state index in [9.17, 15) is 24.3 Å². The Labute approximate surface area is 291 Å². The summed E-state index contributed by atoms with van der Waals surface area (Å²) in [4.78, 5) is 51.2. The molecule has 4 N–H and O–H groups in total. The number of carbonyl (C=O) groups excluding carboxylic acids is 3. The van der Waals surface area contributed by atoms with E-state index in [1.807, 2.05) is 52.0 Å². The minimum atomic E-state index is -0.984. The van der Waals surface area contributed by atoms with Gasteiger partial charge in [-0.1, -0.05) is 30.3 Å². The molecule has 1 aliphatic rings. The predicted molar refractivity (Wildman–Crippen MR) is 188 cm³/mol. The molecule has 262 valence electrons. The van der Waals surface area contributed by atoms with Gasteiger partial charge in [-0.15, -0.1) is 10.2 Å². The van der Waals surface area contributed by atoms with Gasteiger partial charge >= 0.3 is 12.1 Å². The molecule has 5 rings (SSSR count). The second kappa shape index (κ2) is 15.9. The number of hydrogen-bond donors (Lipinski definition) is 4. The van der Waals surface area contributed by atoms with Gasteiger partial charge in [0.1, 0.15) is 11.4 Å². The summed E-state index contributed by atoms with van der Waals surface area (Å²) in [6.07, 6.45) is 3.00. The lowest BCUT2D eigenvalue weighted by Crippen LogP contribution is -2.37. The molecular weight excluding hydrogens is 636 g/mol. The van der Waals surface area contributed by atoms with Crippen molar-refractivity contribution >= 4 is 29.4 Å². The highest BCUT2D eigenvalue weighted by Crippen LogP contribution is 2.32. The fourth-order valence-electron chi connectivity index (χ4n) is 6.40. The molecule has 2 amide bonds. The van der Waals surface area contributed by atoms with Gasteiger partial charge in [0.15, 0.2) is 0 Å². The number of anilines is 1. The van der Waals surface area contributed by atoms with Crippen LogP contribution in [0.1, 0.15) is 74.4 Å². The standard InChI is InChI=1S/C38H44N6O6/c1-23-18-29(36(47)48)14-17-32(23)28-7-5-6-25(19-28)20-30(35(46)40-31-15-12-27(13-16-31)34-41-43-44-42-34)21-33(45)26-10-8-24(9-11-26)22-39-37(49)50-38(2,3)4/h5-7,12-19,24,26,30H,8-11,20-22H2,1-4H3,(H,39,49)(H,40,46)(H,47,48)(H,41,42,43,44)/t24?,26?,30-/m1/s1. The van der Waals surface area contributed by atoms with Crippen LogP contribution in [0, 0.1) is 24.7 Å². The molecule has 0 spiro atoms. The number of rotatable bonds is 12. The highest BCUT2D eigenvalue weighted by atomic mass is 16.6. The number of nitrogens with one attached hydrogen (secondary N) is 3. The molecule has 12 nitrogen and oxygen atoms in total. The van der Waals surface area contributed by atoms with Crippen LogP contribution in [0.5, 0.6) is 0 Å². The maximum atomic E-state index is 13.8. The molecule has 0 unspecified atom stereocenters. The van der Waals surface area contributed by atoms with Crippen molar-refractivity contribution in [2.45, 2.75) is 71.8 Å². The molecule has 1 fully saturated rings. The molecule has 1 saturated carbocycles. The molecule has 1 atom stereocenters. The lowest BCUT2D eigenvalue weighted by Gasteiger charge is -2.29. The van der Waals surface area contributed by atoms with Gasteiger partial charge in [-0.05, 0) is 130 Å². The molecule has 0 radical (unpaired) electrons. The average Bonchev–Trinajstić information content (AvgIpc) is 3.62. The monoisotopic (exact) mass is 680 g/mol. The van der Waals surface area contributed by atoms with Crippen LogP contribution in [-0.2, 0) is 20.7 Å². The third kappa shape index (κ3) is 9.83. The first-order valence-electron chi connectivity index (χ1n) is 16.9. The lowest BCUT2D eigenvalue weighted by atomic mass is 9.77. The Balaban J connectivity index is 1.28. The number of nitrogens with zero attached hydrogens (tertiary/aromatic N) is 3. The van der Waals surface area contributed by atoms with Crippen LogP contribution in [0.15, 0.2) is 66.7 Å². The molecule has 0 aliphatic heterocycles. The van der Waals surface area contributed by atoms with Crippen molar-refractivity contribution in [3.05, 3.63) is 83.4 Å². The first-order chi connectivity index (χ1) is 23.8. The number of aromatic carboxylic acids is 1. The van der Waals surface area contributed by atoms with Crippen molar-refractivity contribution in [1.29, 1.82) is 0 Å².